The summed E-state index contributed by atoms with van der Waals surface area (Å²) in [5.41, 5.74) is 4.26. The van der Waals surface area contributed by atoms with Crippen molar-refractivity contribution in [2.45, 2.75) is 6.61 Å². The average molecular weight is 519 g/mol. The van der Waals surface area contributed by atoms with E-state index in [9.17, 15) is 4.79 Å². The second-order valence-electron chi connectivity index (χ2n) is 7.36. The highest BCUT2D eigenvalue weighted by Gasteiger charge is 2.12. The molecule has 4 aromatic rings. The number of ether oxygens (including phenoxy) is 3. The molecular formula is C27H23BrN2O4. The van der Waals surface area contributed by atoms with Crippen LogP contribution in [0.15, 0.2) is 94.5 Å². The minimum atomic E-state index is -0.360. The van der Waals surface area contributed by atoms with Crippen LogP contribution in [-0.4, -0.2) is 25.8 Å². The number of hydrogen-bond donors (Lipinski definition) is 1. The highest BCUT2D eigenvalue weighted by molar-refractivity contribution is 9.10. The smallest absolute Gasteiger partial charge is 0.277 e. The van der Waals surface area contributed by atoms with E-state index in [1.54, 1.807) is 25.3 Å². The molecule has 4 rings (SSSR count). The molecule has 4 aromatic carbocycles. The first kappa shape index (κ1) is 23.3. The number of para-hydroxylation sites is 1. The van der Waals surface area contributed by atoms with Crippen LogP contribution in [0.4, 0.5) is 0 Å². The van der Waals surface area contributed by atoms with Crippen LogP contribution in [0.2, 0.25) is 0 Å². The fourth-order valence-electron chi connectivity index (χ4n) is 3.40. The van der Waals surface area contributed by atoms with Crippen LogP contribution in [0.1, 0.15) is 11.1 Å². The zero-order valence-corrected chi connectivity index (χ0v) is 20.1. The Hall–Kier alpha value is -3.84. The van der Waals surface area contributed by atoms with Crippen LogP contribution in [0.5, 0.6) is 17.2 Å². The van der Waals surface area contributed by atoms with Gasteiger partial charge in [-0.3, -0.25) is 4.79 Å². The molecule has 6 nitrogen and oxygen atoms in total. The number of nitrogens with zero attached hydrogens (tertiary/aromatic N) is 1. The number of rotatable bonds is 9. The Balaban J connectivity index is 1.39. The highest BCUT2D eigenvalue weighted by atomic mass is 79.9. The van der Waals surface area contributed by atoms with Crippen molar-refractivity contribution in [3.63, 3.8) is 0 Å². The third kappa shape index (κ3) is 5.94. The van der Waals surface area contributed by atoms with Crippen LogP contribution < -0.4 is 19.6 Å². The molecule has 0 aliphatic carbocycles. The number of carbonyl (C=O) groups is 1. The van der Waals surface area contributed by atoms with Gasteiger partial charge in [-0.05, 0) is 62.1 Å². The molecule has 0 heterocycles. The number of halogens is 1. The third-order valence-corrected chi connectivity index (χ3v) is 5.61. The Morgan fingerprint density at radius 1 is 0.971 bits per heavy atom. The fraction of sp³-hybridized carbons (Fsp3) is 0.111. The Morgan fingerprint density at radius 2 is 1.74 bits per heavy atom. The number of benzene rings is 4. The molecule has 0 radical (unpaired) electrons. The summed E-state index contributed by atoms with van der Waals surface area (Å²) in [4.78, 5) is 12.0. The number of methoxy groups -OCH3 is 1. The summed E-state index contributed by atoms with van der Waals surface area (Å²) >= 11 is 3.56. The number of fused-ring (bicyclic) bond motifs is 1. The molecule has 0 aliphatic heterocycles. The van der Waals surface area contributed by atoms with Crippen LogP contribution in [-0.2, 0) is 11.4 Å². The van der Waals surface area contributed by atoms with E-state index in [0.717, 1.165) is 21.9 Å². The van der Waals surface area contributed by atoms with Gasteiger partial charge < -0.3 is 14.2 Å². The van der Waals surface area contributed by atoms with E-state index >= 15 is 0 Å². The van der Waals surface area contributed by atoms with Gasteiger partial charge in [0.05, 0.1) is 17.8 Å². The maximum absolute atomic E-state index is 12.0. The van der Waals surface area contributed by atoms with E-state index < -0.39 is 0 Å². The Morgan fingerprint density at radius 3 is 2.56 bits per heavy atom. The molecule has 1 amide bonds. The van der Waals surface area contributed by atoms with Gasteiger partial charge in [0, 0.05) is 0 Å². The largest absolute Gasteiger partial charge is 0.493 e. The van der Waals surface area contributed by atoms with Crippen LogP contribution >= 0.6 is 15.9 Å². The van der Waals surface area contributed by atoms with Crippen molar-refractivity contribution in [3.8, 4) is 17.2 Å². The number of hydrazone groups is 1. The lowest BCUT2D eigenvalue weighted by molar-refractivity contribution is -0.123. The van der Waals surface area contributed by atoms with Crippen LogP contribution in [0.3, 0.4) is 0 Å². The van der Waals surface area contributed by atoms with Crippen molar-refractivity contribution in [1.29, 1.82) is 0 Å². The summed E-state index contributed by atoms with van der Waals surface area (Å²) in [7, 11) is 1.58. The Labute approximate surface area is 206 Å². The first-order valence-electron chi connectivity index (χ1n) is 10.6. The summed E-state index contributed by atoms with van der Waals surface area (Å²) in [5, 5.41) is 6.32. The van der Waals surface area contributed by atoms with Gasteiger partial charge in [0.25, 0.3) is 5.91 Å². The molecule has 0 unspecified atom stereocenters. The summed E-state index contributed by atoms with van der Waals surface area (Å²) < 4.78 is 17.8. The maximum atomic E-state index is 12.0. The quantitative estimate of drug-likeness (QED) is 0.227. The van der Waals surface area contributed by atoms with Crippen molar-refractivity contribution in [3.05, 3.63) is 101 Å². The minimum Gasteiger partial charge on any atom is -0.493 e. The molecule has 0 fully saturated rings. The lowest BCUT2D eigenvalue weighted by Crippen LogP contribution is -2.24. The van der Waals surface area contributed by atoms with E-state index in [0.29, 0.717) is 28.3 Å². The zero-order chi connectivity index (χ0) is 23.8. The zero-order valence-electron chi connectivity index (χ0n) is 18.5. The number of nitrogens with one attached hydrogen (secondary N) is 1. The molecular weight excluding hydrogens is 496 g/mol. The van der Waals surface area contributed by atoms with E-state index in [4.69, 9.17) is 14.2 Å². The first-order chi connectivity index (χ1) is 16.6. The molecule has 0 saturated heterocycles. The van der Waals surface area contributed by atoms with Crippen molar-refractivity contribution < 1.29 is 19.0 Å². The standard InChI is InChI=1S/C27H23BrN2O4/c1-32-25-15-19(16-29-30-26(31)18-33-22-11-3-2-4-12-22)14-24(28)27(25)34-17-21-10-7-9-20-8-5-6-13-23(20)21/h2-16H,17-18H2,1H3,(H,30,31)/b29-16-. The van der Waals surface area contributed by atoms with E-state index in [2.05, 4.69) is 44.7 Å². The maximum Gasteiger partial charge on any atom is 0.277 e. The summed E-state index contributed by atoms with van der Waals surface area (Å²) in [6, 6.07) is 27.1. The molecule has 34 heavy (non-hydrogen) atoms. The molecule has 0 aliphatic rings. The molecule has 1 N–H and O–H groups in total. The summed E-state index contributed by atoms with van der Waals surface area (Å²) in [6.45, 7) is 0.260. The summed E-state index contributed by atoms with van der Waals surface area (Å²) in [6.07, 6.45) is 1.53. The van der Waals surface area contributed by atoms with Crippen molar-refractivity contribution >= 4 is 38.8 Å². The molecule has 7 heteroatoms. The first-order valence-corrected chi connectivity index (χ1v) is 11.4. The predicted octanol–water partition coefficient (Wildman–Crippen LogP) is 5.72. The number of amides is 1. The molecule has 0 atom stereocenters. The monoisotopic (exact) mass is 518 g/mol. The second kappa shape index (κ2) is 11.3. The molecule has 0 saturated carbocycles. The van der Waals surface area contributed by atoms with Crippen molar-refractivity contribution in [2.24, 2.45) is 5.10 Å². The van der Waals surface area contributed by atoms with Crippen molar-refractivity contribution in [2.75, 3.05) is 13.7 Å². The summed E-state index contributed by atoms with van der Waals surface area (Å²) in [5.74, 6) is 1.40. The van der Waals surface area contributed by atoms with Gasteiger partial charge in [-0.25, -0.2) is 5.43 Å². The lowest BCUT2D eigenvalue weighted by atomic mass is 10.1. The van der Waals surface area contributed by atoms with Crippen LogP contribution in [0.25, 0.3) is 10.8 Å². The molecule has 0 spiro atoms. The average Bonchev–Trinajstić information content (AvgIpc) is 2.87. The normalized spacial score (nSPS) is 10.9. The number of carbonyl (C=O) groups excluding carboxylic acids is 1. The Kier molecular flexibility index (Phi) is 7.78. The lowest BCUT2D eigenvalue weighted by Gasteiger charge is -2.14. The minimum absolute atomic E-state index is 0.130. The van der Waals surface area contributed by atoms with E-state index in [1.807, 2.05) is 48.5 Å². The van der Waals surface area contributed by atoms with E-state index in [-0.39, 0.29) is 12.5 Å². The van der Waals surface area contributed by atoms with Gasteiger partial charge in [0.1, 0.15) is 12.4 Å². The second-order valence-corrected chi connectivity index (χ2v) is 8.21. The van der Waals surface area contributed by atoms with E-state index in [1.165, 1.54) is 6.21 Å². The van der Waals surface area contributed by atoms with Gasteiger partial charge in [-0.2, -0.15) is 5.10 Å². The molecule has 0 aromatic heterocycles. The van der Waals surface area contributed by atoms with Crippen molar-refractivity contribution in [1.82, 2.24) is 5.43 Å². The molecule has 0 bridgehead atoms. The van der Waals surface area contributed by atoms with Gasteiger partial charge in [0.15, 0.2) is 18.1 Å². The van der Waals surface area contributed by atoms with Gasteiger partial charge in [-0.15, -0.1) is 0 Å². The van der Waals surface area contributed by atoms with Crippen LogP contribution in [0, 0.1) is 0 Å². The molecule has 172 valence electrons. The topological polar surface area (TPSA) is 69.2 Å². The van der Waals surface area contributed by atoms with Gasteiger partial charge in [-0.1, -0.05) is 60.7 Å². The van der Waals surface area contributed by atoms with Gasteiger partial charge >= 0.3 is 0 Å². The SMILES string of the molecule is COc1cc(/C=N\NC(=O)COc2ccccc2)cc(Br)c1OCc1cccc2ccccc12. The van der Waals surface area contributed by atoms with Gasteiger partial charge in [0.2, 0.25) is 0 Å². The predicted molar refractivity (Wildman–Crippen MR) is 137 cm³/mol. The third-order valence-electron chi connectivity index (χ3n) is 5.02. The number of hydrogen-bond acceptors (Lipinski definition) is 5. The Bertz CT molecular complexity index is 1300. The highest BCUT2D eigenvalue weighted by Crippen LogP contribution is 2.37. The fourth-order valence-corrected chi connectivity index (χ4v) is 3.97.